The van der Waals surface area contributed by atoms with Gasteiger partial charge in [0, 0.05) is 24.6 Å². The molecule has 0 radical (unpaired) electrons. The molecule has 2 amide bonds. The summed E-state index contributed by atoms with van der Waals surface area (Å²) >= 11 is 1.89. The quantitative estimate of drug-likeness (QED) is 0.881. The maximum absolute atomic E-state index is 12.0. The minimum atomic E-state index is -0.0780. The molecule has 94 valence electrons. The molecule has 2 rings (SSSR count). The summed E-state index contributed by atoms with van der Waals surface area (Å²) in [5.41, 5.74) is 0. The van der Waals surface area contributed by atoms with E-state index in [0.29, 0.717) is 0 Å². The summed E-state index contributed by atoms with van der Waals surface area (Å²) in [7, 11) is 0. The molecule has 1 N–H and O–H groups in total. The fraction of sp³-hybridized carbons (Fsp3) is 0.583. The molecule has 1 atom stereocenters. The van der Waals surface area contributed by atoms with Gasteiger partial charge in [-0.2, -0.15) is 11.8 Å². The third-order valence-corrected chi connectivity index (χ3v) is 3.77. The first kappa shape index (κ1) is 12.4. The largest absolute Gasteiger partial charge is 0.464 e. The van der Waals surface area contributed by atoms with Crippen molar-refractivity contribution in [2.24, 2.45) is 0 Å². The molecule has 2 heterocycles. The Morgan fingerprint density at radius 2 is 2.18 bits per heavy atom. The lowest BCUT2D eigenvalue weighted by Gasteiger charge is -2.27. The second-order valence-corrected chi connectivity index (χ2v) is 5.44. The monoisotopic (exact) mass is 254 g/mol. The van der Waals surface area contributed by atoms with Crippen molar-refractivity contribution in [1.29, 1.82) is 0 Å². The summed E-state index contributed by atoms with van der Waals surface area (Å²) in [6.45, 7) is 5.51. The summed E-state index contributed by atoms with van der Waals surface area (Å²) in [5.74, 6) is 3.74. The van der Waals surface area contributed by atoms with E-state index < -0.39 is 0 Å². The molecule has 0 bridgehead atoms. The number of nitrogens with zero attached hydrogens (tertiary/aromatic N) is 1. The zero-order valence-electron chi connectivity index (χ0n) is 10.2. The third-order valence-electron chi connectivity index (χ3n) is 2.83. The molecule has 0 spiro atoms. The second kappa shape index (κ2) is 5.49. The van der Waals surface area contributed by atoms with E-state index in [1.54, 1.807) is 0 Å². The number of furan rings is 1. The maximum Gasteiger partial charge on any atom is 0.318 e. The highest BCUT2D eigenvalue weighted by atomic mass is 32.2. The predicted molar refractivity (Wildman–Crippen MR) is 69.3 cm³/mol. The lowest BCUT2D eigenvalue weighted by molar-refractivity contribution is 0.198. The average Bonchev–Trinajstić information content (AvgIpc) is 2.77. The van der Waals surface area contributed by atoms with Gasteiger partial charge in [0.2, 0.25) is 0 Å². The fourth-order valence-corrected chi connectivity index (χ4v) is 2.70. The van der Waals surface area contributed by atoms with Crippen LogP contribution in [-0.4, -0.2) is 35.5 Å². The molecule has 0 saturated carbocycles. The summed E-state index contributed by atoms with van der Waals surface area (Å²) in [6.07, 6.45) is 0. The summed E-state index contributed by atoms with van der Waals surface area (Å²) < 4.78 is 5.50. The Kier molecular flexibility index (Phi) is 3.99. The van der Waals surface area contributed by atoms with Gasteiger partial charge in [-0.25, -0.2) is 4.79 Å². The molecule has 1 fully saturated rings. The van der Waals surface area contributed by atoms with E-state index >= 15 is 0 Å². The third kappa shape index (κ3) is 3.19. The van der Waals surface area contributed by atoms with Gasteiger partial charge in [0.1, 0.15) is 11.5 Å². The average molecular weight is 254 g/mol. The SMILES string of the molecule is Cc1ccc([C@H](C)NC(=O)N2CCSCC2)o1. The van der Waals surface area contributed by atoms with Crippen LogP contribution in [0.3, 0.4) is 0 Å². The van der Waals surface area contributed by atoms with E-state index in [1.807, 2.05) is 42.6 Å². The van der Waals surface area contributed by atoms with Gasteiger partial charge in [-0.3, -0.25) is 0 Å². The summed E-state index contributed by atoms with van der Waals surface area (Å²) in [4.78, 5) is 13.8. The van der Waals surface area contributed by atoms with Crippen LogP contribution in [0.5, 0.6) is 0 Å². The molecule has 1 aromatic heterocycles. The Hall–Kier alpha value is -1.10. The number of nitrogens with one attached hydrogen (secondary N) is 1. The maximum atomic E-state index is 12.0. The summed E-state index contributed by atoms with van der Waals surface area (Å²) in [5, 5.41) is 2.96. The van der Waals surface area contributed by atoms with Crippen LogP contribution >= 0.6 is 11.8 Å². The molecule has 0 aromatic carbocycles. The van der Waals surface area contributed by atoms with Crippen molar-refractivity contribution in [3.63, 3.8) is 0 Å². The fourth-order valence-electron chi connectivity index (χ4n) is 1.80. The van der Waals surface area contributed by atoms with Crippen LogP contribution in [0, 0.1) is 6.92 Å². The van der Waals surface area contributed by atoms with Crippen LogP contribution in [0.25, 0.3) is 0 Å². The molecule has 0 aliphatic carbocycles. The lowest BCUT2D eigenvalue weighted by atomic mass is 10.2. The highest BCUT2D eigenvalue weighted by molar-refractivity contribution is 7.99. The first-order chi connectivity index (χ1) is 8.16. The summed E-state index contributed by atoms with van der Waals surface area (Å²) in [6, 6.07) is 3.75. The van der Waals surface area contributed by atoms with Gasteiger partial charge in [0.05, 0.1) is 6.04 Å². The smallest absolute Gasteiger partial charge is 0.318 e. The van der Waals surface area contributed by atoms with Crippen LogP contribution in [-0.2, 0) is 0 Å². The minimum absolute atomic E-state index is 0.00635. The minimum Gasteiger partial charge on any atom is -0.464 e. The predicted octanol–water partition coefficient (Wildman–Crippen LogP) is 2.41. The van der Waals surface area contributed by atoms with Crippen LogP contribution in [0.1, 0.15) is 24.5 Å². The zero-order valence-corrected chi connectivity index (χ0v) is 11.0. The molecule has 4 nitrogen and oxygen atoms in total. The molecule has 1 aliphatic heterocycles. The zero-order chi connectivity index (χ0) is 12.3. The van der Waals surface area contributed by atoms with Crippen molar-refractivity contribution in [3.05, 3.63) is 23.7 Å². The highest BCUT2D eigenvalue weighted by Gasteiger charge is 2.19. The molecular weight excluding hydrogens is 236 g/mol. The van der Waals surface area contributed by atoms with Gasteiger partial charge in [-0.15, -0.1) is 0 Å². The van der Waals surface area contributed by atoms with Crippen molar-refractivity contribution in [3.8, 4) is 0 Å². The molecule has 5 heteroatoms. The van der Waals surface area contributed by atoms with E-state index in [0.717, 1.165) is 36.1 Å². The number of carbonyl (C=O) groups is 1. The van der Waals surface area contributed by atoms with Crippen molar-refractivity contribution in [1.82, 2.24) is 10.2 Å². The van der Waals surface area contributed by atoms with E-state index in [9.17, 15) is 4.79 Å². The topological polar surface area (TPSA) is 45.5 Å². The van der Waals surface area contributed by atoms with Gasteiger partial charge >= 0.3 is 6.03 Å². The molecule has 17 heavy (non-hydrogen) atoms. The molecule has 0 unspecified atom stereocenters. The molecule has 1 saturated heterocycles. The Bertz CT molecular complexity index is 386. The van der Waals surface area contributed by atoms with Crippen molar-refractivity contribution in [2.75, 3.05) is 24.6 Å². The number of urea groups is 1. The molecule has 1 aliphatic rings. The number of rotatable bonds is 2. The Labute approximate surface area is 106 Å². The van der Waals surface area contributed by atoms with E-state index in [1.165, 1.54) is 0 Å². The Morgan fingerprint density at radius 1 is 1.47 bits per heavy atom. The molecular formula is C12H18N2O2S. The van der Waals surface area contributed by atoms with Crippen molar-refractivity contribution < 1.29 is 9.21 Å². The highest BCUT2D eigenvalue weighted by Crippen LogP contribution is 2.16. The van der Waals surface area contributed by atoms with Crippen molar-refractivity contribution >= 4 is 17.8 Å². The Morgan fingerprint density at radius 3 is 2.76 bits per heavy atom. The number of hydrogen-bond acceptors (Lipinski definition) is 3. The van der Waals surface area contributed by atoms with Gasteiger partial charge in [0.25, 0.3) is 0 Å². The van der Waals surface area contributed by atoms with Gasteiger partial charge < -0.3 is 14.6 Å². The van der Waals surface area contributed by atoms with Crippen LogP contribution in [0.15, 0.2) is 16.5 Å². The Balaban J connectivity index is 1.89. The first-order valence-electron chi connectivity index (χ1n) is 5.86. The standard InChI is InChI=1S/C12H18N2O2S/c1-9-3-4-11(16-9)10(2)13-12(15)14-5-7-17-8-6-14/h3-4,10H,5-8H2,1-2H3,(H,13,15)/t10-/m0/s1. The molecule has 1 aromatic rings. The van der Waals surface area contributed by atoms with Crippen LogP contribution < -0.4 is 5.32 Å². The number of hydrogen-bond donors (Lipinski definition) is 1. The van der Waals surface area contributed by atoms with E-state index in [-0.39, 0.29) is 12.1 Å². The second-order valence-electron chi connectivity index (χ2n) is 4.22. The normalized spacial score (nSPS) is 17.9. The van der Waals surface area contributed by atoms with Crippen LogP contribution in [0.4, 0.5) is 4.79 Å². The van der Waals surface area contributed by atoms with Gasteiger partial charge in [-0.05, 0) is 26.0 Å². The van der Waals surface area contributed by atoms with Crippen LogP contribution in [0.2, 0.25) is 0 Å². The van der Waals surface area contributed by atoms with Gasteiger partial charge in [0.15, 0.2) is 0 Å². The van der Waals surface area contributed by atoms with Gasteiger partial charge in [-0.1, -0.05) is 0 Å². The number of carbonyl (C=O) groups excluding carboxylic acids is 1. The van der Waals surface area contributed by atoms with Crippen molar-refractivity contribution in [2.45, 2.75) is 19.9 Å². The first-order valence-corrected chi connectivity index (χ1v) is 7.02. The number of thioether (sulfide) groups is 1. The lowest BCUT2D eigenvalue weighted by Crippen LogP contribution is -2.45. The number of amides is 2. The van der Waals surface area contributed by atoms with E-state index in [4.69, 9.17) is 4.42 Å². The number of aryl methyl sites for hydroxylation is 1. The van der Waals surface area contributed by atoms with E-state index in [2.05, 4.69) is 5.32 Å².